The summed E-state index contributed by atoms with van der Waals surface area (Å²) in [6, 6.07) is -1.33. The number of carboxylic acid groups (broad SMARTS) is 1. The largest absolute Gasteiger partial charge is 0.480 e. The van der Waals surface area contributed by atoms with E-state index in [0.29, 0.717) is 11.5 Å². The Morgan fingerprint density at radius 3 is 2.30 bits per heavy atom. The first kappa shape index (κ1) is 17.2. The average molecular weight is 295 g/mol. The predicted molar refractivity (Wildman–Crippen MR) is 63.7 cm³/mol. The summed E-state index contributed by atoms with van der Waals surface area (Å²) >= 11 is 0. The van der Waals surface area contributed by atoms with Gasteiger partial charge in [-0.15, -0.1) is 5.06 Å². The van der Waals surface area contributed by atoms with Gasteiger partial charge in [0.05, 0.1) is 6.61 Å². The number of hydroxylamine groups is 2. The Bertz CT molecular complexity index is 326. The number of hydrogen-bond donors (Lipinski definition) is 6. The van der Waals surface area contributed by atoms with E-state index in [-0.39, 0.29) is 6.42 Å². The molecular weight excluding hydrogens is 274 g/mol. The number of rotatable bonds is 6. The Kier molecular flexibility index (Phi) is 6.27. The van der Waals surface area contributed by atoms with Crippen LogP contribution in [0.4, 0.5) is 0 Å². The van der Waals surface area contributed by atoms with Crippen molar-refractivity contribution in [3.63, 3.8) is 0 Å². The number of hydrogen-bond acceptors (Lipinski definition) is 8. The smallest absolute Gasteiger partial charge is 0.323 e. The predicted octanol–water partition coefficient (Wildman–Crippen LogP) is -2.27. The van der Waals surface area contributed by atoms with Gasteiger partial charge in [-0.1, -0.05) is 13.3 Å². The molecule has 9 heteroatoms. The summed E-state index contributed by atoms with van der Waals surface area (Å²) in [7, 11) is 0. The van der Waals surface area contributed by atoms with Crippen LogP contribution in [0.15, 0.2) is 0 Å². The minimum atomic E-state index is -1.71. The van der Waals surface area contributed by atoms with Crippen LogP contribution in [-0.2, 0) is 9.53 Å². The van der Waals surface area contributed by atoms with Gasteiger partial charge in [-0.2, -0.15) is 0 Å². The Balaban J connectivity index is 2.89. The van der Waals surface area contributed by atoms with Crippen LogP contribution < -0.4 is 0 Å². The maximum absolute atomic E-state index is 11.1. The van der Waals surface area contributed by atoms with Crippen molar-refractivity contribution in [2.45, 2.75) is 56.5 Å². The number of nitrogens with zero attached hydrogens (tertiary/aromatic N) is 1. The van der Waals surface area contributed by atoms with Gasteiger partial charge in [0.1, 0.15) is 30.5 Å². The zero-order valence-corrected chi connectivity index (χ0v) is 11.0. The first-order valence-corrected chi connectivity index (χ1v) is 6.35. The van der Waals surface area contributed by atoms with Crippen LogP contribution in [0, 0.1) is 0 Å². The fourth-order valence-electron chi connectivity index (χ4n) is 2.12. The highest BCUT2D eigenvalue weighted by Gasteiger charge is 2.47. The molecule has 1 fully saturated rings. The Labute approximate surface area is 115 Å². The molecule has 1 rings (SSSR count). The van der Waals surface area contributed by atoms with Crippen LogP contribution in [0.5, 0.6) is 0 Å². The molecule has 1 aliphatic heterocycles. The Hall–Kier alpha value is -0.810. The summed E-state index contributed by atoms with van der Waals surface area (Å²) in [4.78, 5) is 11.1. The van der Waals surface area contributed by atoms with E-state index >= 15 is 0 Å². The highest BCUT2D eigenvalue weighted by molar-refractivity contribution is 5.73. The Morgan fingerprint density at radius 2 is 1.85 bits per heavy atom. The topological polar surface area (TPSA) is 151 Å². The quantitative estimate of drug-likeness (QED) is 0.298. The molecule has 0 aromatic rings. The van der Waals surface area contributed by atoms with Gasteiger partial charge in [0, 0.05) is 0 Å². The van der Waals surface area contributed by atoms with Crippen LogP contribution in [-0.4, -0.2) is 85.1 Å². The van der Waals surface area contributed by atoms with Crippen LogP contribution in [0.1, 0.15) is 19.8 Å². The summed E-state index contributed by atoms with van der Waals surface area (Å²) in [6.45, 7) is 1.07. The van der Waals surface area contributed by atoms with Gasteiger partial charge in [-0.25, -0.2) is 0 Å². The zero-order chi connectivity index (χ0) is 15.4. The van der Waals surface area contributed by atoms with Crippen molar-refractivity contribution in [1.29, 1.82) is 0 Å². The van der Waals surface area contributed by atoms with Gasteiger partial charge in [0.25, 0.3) is 0 Å². The SMILES string of the molecule is CCC[C@@H](C(=O)O)N(O)[C@@H]1O[C@H](CO)[C@H](O)[C@H](O)[C@H]1O. The molecule has 0 bridgehead atoms. The third-order valence-corrected chi connectivity index (χ3v) is 3.29. The van der Waals surface area contributed by atoms with E-state index < -0.39 is 49.3 Å². The van der Waals surface area contributed by atoms with E-state index in [0.717, 1.165) is 0 Å². The monoisotopic (exact) mass is 295 g/mol. The number of carbonyl (C=O) groups is 1. The van der Waals surface area contributed by atoms with Crippen molar-refractivity contribution in [3.8, 4) is 0 Å². The molecule has 0 aromatic heterocycles. The van der Waals surface area contributed by atoms with E-state index in [1.54, 1.807) is 6.92 Å². The van der Waals surface area contributed by atoms with Crippen LogP contribution in [0.3, 0.4) is 0 Å². The van der Waals surface area contributed by atoms with Crippen molar-refractivity contribution in [2.75, 3.05) is 6.61 Å². The minimum Gasteiger partial charge on any atom is -0.480 e. The molecule has 0 aromatic carbocycles. The molecule has 6 N–H and O–H groups in total. The highest BCUT2D eigenvalue weighted by atomic mass is 16.6. The molecule has 0 amide bonds. The molecule has 0 unspecified atom stereocenters. The minimum absolute atomic E-state index is 0.0981. The lowest BCUT2D eigenvalue weighted by atomic mass is 9.97. The van der Waals surface area contributed by atoms with E-state index in [4.69, 9.17) is 14.9 Å². The van der Waals surface area contributed by atoms with E-state index in [1.807, 2.05) is 0 Å². The summed E-state index contributed by atoms with van der Waals surface area (Å²) in [5.41, 5.74) is 0. The summed E-state index contributed by atoms with van der Waals surface area (Å²) in [6.07, 6.45) is -7.14. The second kappa shape index (κ2) is 7.27. The maximum atomic E-state index is 11.1. The van der Waals surface area contributed by atoms with Crippen LogP contribution in [0.2, 0.25) is 0 Å². The van der Waals surface area contributed by atoms with E-state index in [9.17, 15) is 25.3 Å². The summed E-state index contributed by atoms with van der Waals surface area (Å²) in [5.74, 6) is -1.31. The molecule has 0 saturated carbocycles. The molecule has 1 heterocycles. The molecular formula is C11H21NO8. The number of ether oxygens (including phenoxy) is 1. The number of carboxylic acids is 1. The van der Waals surface area contributed by atoms with Crippen molar-refractivity contribution in [3.05, 3.63) is 0 Å². The number of aliphatic hydroxyl groups is 4. The third kappa shape index (κ3) is 3.44. The van der Waals surface area contributed by atoms with Gasteiger partial charge in [-0.3, -0.25) is 4.79 Å². The van der Waals surface area contributed by atoms with Crippen LogP contribution >= 0.6 is 0 Å². The third-order valence-electron chi connectivity index (χ3n) is 3.29. The van der Waals surface area contributed by atoms with Gasteiger partial charge >= 0.3 is 5.97 Å². The molecule has 1 saturated heterocycles. The lowest BCUT2D eigenvalue weighted by Crippen LogP contribution is -2.64. The summed E-state index contributed by atoms with van der Waals surface area (Å²) < 4.78 is 5.07. The Morgan fingerprint density at radius 1 is 1.25 bits per heavy atom. The van der Waals surface area contributed by atoms with Gasteiger partial charge in [0.15, 0.2) is 6.23 Å². The average Bonchev–Trinajstić information content (AvgIpc) is 2.41. The summed E-state index contributed by atoms with van der Waals surface area (Å²) in [5, 5.41) is 57.2. The molecule has 0 spiro atoms. The molecule has 118 valence electrons. The molecule has 6 atom stereocenters. The second-order valence-corrected chi connectivity index (χ2v) is 4.74. The van der Waals surface area contributed by atoms with E-state index in [1.165, 1.54) is 0 Å². The normalized spacial score (nSPS) is 36.0. The van der Waals surface area contributed by atoms with Crippen molar-refractivity contribution in [1.82, 2.24) is 5.06 Å². The molecule has 1 aliphatic rings. The van der Waals surface area contributed by atoms with Crippen LogP contribution in [0.25, 0.3) is 0 Å². The number of aliphatic hydroxyl groups excluding tert-OH is 4. The standard InChI is InChI=1S/C11H21NO8/c1-2-3-5(11(17)18)12(19)10-9(16)8(15)7(14)6(4-13)20-10/h5-10,13-16,19H,2-4H2,1H3,(H,17,18)/t5-,6+,7-,8-,9+,10+/m0/s1. The highest BCUT2D eigenvalue weighted by Crippen LogP contribution is 2.24. The fraction of sp³-hybridized carbons (Fsp3) is 0.909. The molecule has 0 radical (unpaired) electrons. The zero-order valence-electron chi connectivity index (χ0n) is 11.0. The fourth-order valence-corrected chi connectivity index (χ4v) is 2.12. The molecule has 20 heavy (non-hydrogen) atoms. The first-order chi connectivity index (χ1) is 9.34. The van der Waals surface area contributed by atoms with Gasteiger partial charge in [-0.05, 0) is 6.42 Å². The molecule has 9 nitrogen and oxygen atoms in total. The lowest BCUT2D eigenvalue weighted by Gasteiger charge is -2.43. The van der Waals surface area contributed by atoms with Crippen molar-refractivity contribution in [2.24, 2.45) is 0 Å². The lowest BCUT2D eigenvalue weighted by molar-refractivity contribution is -0.329. The van der Waals surface area contributed by atoms with Crippen molar-refractivity contribution < 1.29 is 40.3 Å². The van der Waals surface area contributed by atoms with Gasteiger partial charge < -0.3 is 35.5 Å². The second-order valence-electron chi connectivity index (χ2n) is 4.74. The number of aliphatic carboxylic acids is 1. The maximum Gasteiger partial charge on any atom is 0.323 e. The van der Waals surface area contributed by atoms with E-state index in [2.05, 4.69) is 0 Å². The molecule has 0 aliphatic carbocycles. The van der Waals surface area contributed by atoms with Gasteiger partial charge in [0.2, 0.25) is 0 Å². The first-order valence-electron chi connectivity index (χ1n) is 6.35. The van der Waals surface area contributed by atoms with Crippen molar-refractivity contribution >= 4 is 5.97 Å².